The quantitative estimate of drug-likeness (QED) is 0.523. The minimum atomic E-state index is -0.682. The van der Waals surface area contributed by atoms with Gasteiger partial charge in [-0.2, -0.15) is 5.26 Å². The molecule has 0 amide bonds. The number of nitriles is 1. The van der Waals surface area contributed by atoms with Crippen LogP contribution in [-0.2, 0) is 14.2 Å². The van der Waals surface area contributed by atoms with Gasteiger partial charge in [-0.1, -0.05) is 0 Å². The highest BCUT2D eigenvalue weighted by molar-refractivity contribution is 5.64. The molecule has 1 fully saturated rings. The van der Waals surface area contributed by atoms with Crippen molar-refractivity contribution in [3.8, 4) is 6.07 Å². The number of hydrogen-bond donors (Lipinski definition) is 0. The highest BCUT2D eigenvalue weighted by Gasteiger charge is 2.27. The van der Waals surface area contributed by atoms with E-state index >= 15 is 0 Å². The predicted octanol–water partition coefficient (Wildman–Crippen LogP) is 1.74. The molecule has 0 spiro atoms. The first-order valence-corrected chi connectivity index (χ1v) is 4.72. The normalized spacial score (nSPS) is 24.5. The molecule has 0 radical (unpaired) electrons. The molecule has 1 saturated heterocycles. The molecule has 0 saturated carbocycles. The molecule has 0 aromatic heterocycles. The second kappa shape index (κ2) is 5.37. The van der Waals surface area contributed by atoms with Crippen LogP contribution in [0.2, 0.25) is 0 Å². The average Bonchev–Trinajstić information content (AvgIpc) is 2.45. The number of carbonyl (C=O) groups is 1. The Bertz CT molecular complexity index is 305. The first kappa shape index (κ1) is 11.5. The number of cyclic esters (lactones) is 2. The zero-order chi connectivity index (χ0) is 11.3. The molecule has 0 aromatic rings. The van der Waals surface area contributed by atoms with Gasteiger partial charge in [-0.05, 0) is 19.9 Å². The molecule has 0 N–H and O–H groups in total. The highest BCUT2D eigenvalue weighted by atomic mass is 16.8. The van der Waals surface area contributed by atoms with Gasteiger partial charge in [0.05, 0.1) is 25.2 Å². The van der Waals surface area contributed by atoms with Crippen LogP contribution < -0.4 is 0 Å². The van der Waals surface area contributed by atoms with Gasteiger partial charge in [0, 0.05) is 0 Å². The van der Waals surface area contributed by atoms with Gasteiger partial charge >= 0.3 is 6.16 Å². The Morgan fingerprint density at radius 1 is 1.73 bits per heavy atom. The van der Waals surface area contributed by atoms with Crippen molar-refractivity contribution in [2.24, 2.45) is 0 Å². The Morgan fingerprint density at radius 2 is 2.47 bits per heavy atom. The van der Waals surface area contributed by atoms with Gasteiger partial charge in [-0.3, -0.25) is 0 Å². The van der Waals surface area contributed by atoms with Gasteiger partial charge in [0.25, 0.3) is 0 Å². The van der Waals surface area contributed by atoms with Crippen LogP contribution in [0.4, 0.5) is 4.79 Å². The molecular weight excluding hydrogens is 198 g/mol. The van der Waals surface area contributed by atoms with Crippen molar-refractivity contribution in [2.75, 3.05) is 6.61 Å². The van der Waals surface area contributed by atoms with Crippen LogP contribution >= 0.6 is 0 Å². The summed E-state index contributed by atoms with van der Waals surface area (Å²) in [7, 11) is 0. The Kier molecular flexibility index (Phi) is 4.13. The minimum Gasteiger partial charge on any atom is -0.423 e. The average molecular weight is 211 g/mol. The third kappa shape index (κ3) is 3.60. The van der Waals surface area contributed by atoms with E-state index in [-0.39, 0.29) is 12.2 Å². The maximum absolute atomic E-state index is 10.7. The number of ether oxygens (including phenoxy) is 3. The van der Waals surface area contributed by atoms with Crippen LogP contribution in [0, 0.1) is 11.3 Å². The van der Waals surface area contributed by atoms with Crippen molar-refractivity contribution in [1.29, 1.82) is 5.26 Å². The molecule has 2 unspecified atom stereocenters. The Morgan fingerprint density at radius 3 is 3.00 bits per heavy atom. The van der Waals surface area contributed by atoms with E-state index in [4.69, 9.17) is 19.5 Å². The van der Waals surface area contributed by atoms with Crippen LogP contribution in [0.25, 0.3) is 0 Å². The maximum Gasteiger partial charge on any atom is 0.514 e. The van der Waals surface area contributed by atoms with Gasteiger partial charge in [0.2, 0.25) is 0 Å². The van der Waals surface area contributed by atoms with Crippen molar-refractivity contribution in [1.82, 2.24) is 0 Å². The molecule has 1 rings (SSSR count). The lowest BCUT2D eigenvalue weighted by molar-refractivity contribution is 0.0994. The smallest absolute Gasteiger partial charge is 0.423 e. The van der Waals surface area contributed by atoms with E-state index in [1.54, 1.807) is 13.0 Å². The van der Waals surface area contributed by atoms with E-state index in [2.05, 4.69) is 0 Å². The van der Waals surface area contributed by atoms with Crippen LogP contribution in [0.5, 0.6) is 0 Å². The molecule has 1 aliphatic heterocycles. The van der Waals surface area contributed by atoms with Crippen molar-refractivity contribution < 1.29 is 19.0 Å². The summed E-state index contributed by atoms with van der Waals surface area (Å²) in [4.78, 5) is 10.7. The monoisotopic (exact) mass is 211 g/mol. The third-order valence-electron chi connectivity index (χ3n) is 1.87. The van der Waals surface area contributed by atoms with Crippen LogP contribution in [-0.4, -0.2) is 25.0 Å². The van der Waals surface area contributed by atoms with Crippen LogP contribution in [0.1, 0.15) is 20.3 Å². The predicted molar refractivity (Wildman–Crippen MR) is 50.8 cm³/mol. The molecule has 82 valence electrons. The number of nitrogens with zero attached hydrogens (tertiary/aromatic N) is 1. The van der Waals surface area contributed by atoms with E-state index in [0.717, 1.165) is 0 Å². The zero-order valence-electron chi connectivity index (χ0n) is 8.73. The molecule has 1 aliphatic rings. The van der Waals surface area contributed by atoms with Gasteiger partial charge < -0.3 is 14.2 Å². The standard InChI is InChI=1S/C10H13NO4/c1-7(13-5-3-4-11)6-9-8(2)14-10(12)15-9/h6-8H,3,5H2,1-2H3. The van der Waals surface area contributed by atoms with E-state index in [1.165, 1.54) is 0 Å². The second-order valence-electron chi connectivity index (χ2n) is 3.17. The van der Waals surface area contributed by atoms with Crippen LogP contribution in [0.15, 0.2) is 11.8 Å². The molecule has 2 atom stereocenters. The van der Waals surface area contributed by atoms with E-state index in [1.807, 2.05) is 13.0 Å². The van der Waals surface area contributed by atoms with Gasteiger partial charge in [0.1, 0.15) is 0 Å². The van der Waals surface area contributed by atoms with Gasteiger partial charge in [0.15, 0.2) is 11.9 Å². The molecule has 0 aromatic carbocycles. The summed E-state index contributed by atoms with van der Waals surface area (Å²) in [6.07, 6.45) is 0.773. The lowest BCUT2D eigenvalue weighted by atomic mass is 10.2. The van der Waals surface area contributed by atoms with Gasteiger partial charge in [-0.25, -0.2) is 4.79 Å². The van der Waals surface area contributed by atoms with E-state index in [9.17, 15) is 4.79 Å². The fourth-order valence-electron chi connectivity index (χ4n) is 1.15. The summed E-state index contributed by atoms with van der Waals surface area (Å²) in [5.41, 5.74) is 0. The molecule has 5 heteroatoms. The summed E-state index contributed by atoms with van der Waals surface area (Å²) in [5.74, 6) is 0.462. The second-order valence-corrected chi connectivity index (χ2v) is 3.17. The number of carbonyl (C=O) groups excluding carboxylic acids is 1. The largest absolute Gasteiger partial charge is 0.514 e. The number of hydrogen-bond acceptors (Lipinski definition) is 5. The number of rotatable bonds is 4. The maximum atomic E-state index is 10.7. The van der Waals surface area contributed by atoms with Crippen molar-refractivity contribution in [3.05, 3.63) is 11.8 Å². The Balaban J connectivity index is 2.41. The molecule has 15 heavy (non-hydrogen) atoms. The molecule has 0 aliphatic carbocycles. The summed E-state index contributed by atoms with van der Waals surface area (Å²) in [6.45, 7) is 3.90. The summed E-state index contributed by atoms with van der Waals surface area (Å²) in [6, 6.07) is 1.98. The fourth-order valence-corrected chi connectivity index (χ4v) is 1.15. The third-order valence-corrected chi connectivity index (χ3v) is 1.87. The van der Waals surface area contributed by atoms with Crippen molar-refractivity contribution in [3.63, 3.8) is 0 Å². The summed E-state index contributed by atoms with van der Waals surface area (Å²) >= 11 is 0. The SMILES string of the molecule is CC(C=C1OC(=O)OC1C)OCCC#N. The first-order chi connectivity index (χ1) is 7.13. The summed E-state index contributed by atoms with van der Waals surface area (Å²) in [5, 5.41) is 8.31. The lowest BCUT2D eigenvalue weighted by Crippen LogP contribution is -2.09. The lowest BCUT2D eigenvalue weighted by Gasteiger charge is -2.08. The highest BCUT2D eigenvalue weighted by Crippen LogP contribution is 2.19. The fraction of sp³-hybridized carbons (Fsp3) is 0.600. The molecule has 1 heterocycles. The van der Waals surface area contributed by atoms with Crippen molar-refractivity contribution >= 4 is 6.16 Å². The molecule has 5 nitrogen and oxygen atoms in total. The molecular formula is C10H13NO4. The van der Waals surface area contributed by atoms with E-state index in [0.29, 0.717) is 18.8 Å². The Labute approximate surface area is 88.2 Å². The van der Waals surface area contributed by atoms with E-state index < -0.39 is 6.16 Å². The minimum absolute atomic E-state index is 0.203. The van der Waals surface area contributed by atoms with Gasteiger partial charge in [-0.15, -0.1) is 0 Å². The summed E-state index contributed by atoms with van der Waals surface area (Å²) < 4.78 is 14.9. The van der Waals surface area contributed by atoms with Crippen molar-refractivity contribution in [2.45, 2.75) is 32.5 Å². The first-order valence-electron chi connectivity index (χ1n) is 4.72. The topological polar surface area (TPSA) is 68.6 Å². The van der Waals surface area contributed by atoms with Crippen LogP contribution in [0.3, 0.4) is 0 Å². The zero-order valence-corrected chi connectivity index (χ0v) is 8.73. The molecule has 0 bridgehead atoms. The Hall–Kier alpha value is -1.54.